The van der Waals surface area contributed by atoms with Gasteiger partial charge in [0, 0.05) is 49.3 Å². The second-order valence-electron chi connectivity index (χ2n) is 13.6. The summed E-state index contributed by atoms with van der Waals surface area (Å²) in [5.41, 5.74) is 9.45. The van der Waals surface area contributed by atoms with Crippen molar-refractivity contribution in [3.05, 3.63) is 188 Å². The Balaban J connectivity index is 1.21. The molecule has 0 atom stereocenters. The van der Waals surface area contributed by atoms with Crippen LogP contribution in [0.2, 0.25) is 0 Å². The van der Waals surface area contributed by atoms with Crippen LogP contribution >= 0.6 is 0 Å². The number of aromatic nitrogens is 5. The smallest absolute Gasteiger partial charge is 0.166 e. The molecule has 0 fully saturated rings. The predicted molar refractivity (Wildman–Crippen MR) is 222 cm³/mol. The zero-order chi connectivity index (χ0) is 35.6. The number of fused-ring (bicyclic) bond motifs is 7. The zero-order valence-electron chi connectivity index (χ0n) is 29.1. The molecule has 0 N–H and O–H groups in total. The van der Waals surface area contributed by atoms with E-state index in [1.807, 2.05) is 18.2 Å². The van der Waals surface area contributed by atoms with Crippen LogP contribution in [0, 0.1) is 0 Å². The van der Waals surface area contributed by atoms with Crippen LogP contribution in [0.5, 0.6) is 0 Å². The first kappa shape index (κ1) is 30.3. The summed E-state index contributed by atoms with van der Waals surface area (Å²) >= 11 is 0. The molecule has 5 nitrogen and oxygen atoms in total. The third-order valence-corrected chi connectivity index (χ3v) is 10.6. The van der Waals surface area contributed by atoms with Crippen molar-refractivity contribution in [2.24, 2.45) is 0 Å². The second kappa shape index (κ2) is 12.1. The van der Waals surface area contributed by atoms with Crippen molar-refractivity contribution in [1.82, 2.24) is 24.1 Å². The maximum absolute atomic E-state index is 5.36. The summed E-state index contributed by atoms with van der Waals surface area (Å²) < 4.78 is 4.72. The highest BCUT2D eigenvalue weighted by atomic mass is 15.1. The molecule has 11 rings (SSSR count). The molecule has 0 unspecified atom stereocenters. The number of hydrogen-bond acceptors (Lipinski definition) is 3. The van der Waals surface area contributed by atoms with E-state index in [2.05, 4.69) is 179 Å². The average Bonchev–Trinajstić information content (AvgIpc) is 3.76. The van der Waals surface area contributed by atoms with Crippen LogP contribution < -0.4 is 0 Å². The fourth-order valence-electron chi connectivity index (χ4n) is 8.15. The molecule has 8 aromatic carbocycles. The molecule has 0 saturated heterocycles. The molecule has 0 aliphatic rings. The Morgan fingerprint density at radius 2 is 0.815 bits per heavy atom. The Kier molecular flexibility index (Phi) is 6.79. The number of hydrogen-bond donors (Lipinski definition) is 0. The van der Waals surface area contributed by atoms with E-state index in [-0.39, 0.29) is 0 Å². The van der Waals surface area contributed by atoms with Crippen molar-refractivity contribution in [2.75, 3.05) is 0 Å². The SMILES string of the molecule is c1ccc(-c2nc(-c3ccc4c5ccccc5n(-c5ccccc5)c4c3)nc(-c3ccc4ccccc4c3-n3c4ccccc4c4ccccc43)n2)cc1. The van der Waals surface area contributed by atoms with Gasteiger partial charge in [-0.25, -0.2) is 15.0 Å². The average molecular weight is 690 g/mol. The summed E-state index contributed by atoms with van der Waals surface area (Å²) in [4.78, 5) is 15.8. The van der Waals surface area contributed by atoms with Crippen LogP contribution in [0.25, 0.3) is 99.9 Å². The zero-order valence-corrected chi connectivity index (χ0v) is 29.1. The maximum atomic E-state index is 5.36. The molecule has 0 radical (unpaired) electrons. The van der Waals surface area contributed by atoms with Gasteiger partial charge in [-0.3, -0.25) is 0 Å². The van der Waals surface area contributed by atoms with Crippen molar-refractivity contribution >= 4 is 54.4 Å². The number of nitrogens with zero attached hydrogens (tertiary/aromatic N) is 5. The largest absolute Gasteiger partial charge is 0.309 e. The fraction of sp³-hybridized carbons (Fsp3) is 0. The first-order valence-electron chi connectivity index (χ1n) is 18.2. The van der Waals surface area contributed by atoms with Crippen LogP contribution in [0.3, 0.4) is 0 Å². The highest BCUT2D eigenvalue weighted by Crippen LogP contribution is 2.40. The van der Waals surface area contributed by atoms with Gasteiger partial charge in [-0.2, -0.15) is 0 Å². The van der Waals surface area contributed by atoms with Crippen molar-refractivity contribution in [3.63, 3.8) is 0 Å². The molecule has 252 valence electrons. The minimum Gasteiger partial charge on any atom is -0.309 e. The van der Waals surface area contributed by atoms with Crippen LogP contribution in [0.1, 0.15) is 0 Å². The van der Waals surface area contributed by atoms with Gasteiger partial charge in [-0.15, -0.1) is 0 Å². The van der Waals surface area contributed by atoms with E-state index in [9.17, 15) is 0 Å². The van der Waals surface area contributed by atoms with E-state index < -0.39 is 0 Å². The van der Waals surface area contributed by atoms with E-state index in [0.717, 1.165) is 60.9 Å². The molecule has 3 heterocycles. The molecule has 0 saturated carbocycles. The van der Waals surface area contributed by atoms with Crippen molar-refractivity contribution in [3.8, 4) is 45.5 Å². The maximum Gasteiger partial charge on any atom is 0.166 e. The van der Waals surface area contributed by atoms with E-state index in [1.54, 1.807) is 0 Å². The molecule has 0 aliphatic heterocycles. The molecular formula is C49H31N5. The summed E-state index contributed by atoms with van der Waals surface area (Å²) in [6.07, 6.45) is 0. The standard InChI is InChI=1S/C49H31N5/c1-3-16-33(17-4-1)47-50-48(34-28-29-40-39-23-9-12-24-42(39)53(45(40)31-34)35-18-5-2-6-19-35)52-49(51-47)41-30-27-32-15-7-8-20-36(32)46(41)54-43-25-13-10-21-37(43)38-22-11-14-26-44(38)54/h1-31H. The molecule has 54 heavy (non-hydrogen) atoms. The molecule has 0 amide bonds. The van der Waals surface area contributed by atoms with Gasteiger partial charge in [0.2, 0.25) is 0 Å². The van der Waals surface area contributed by atoms with Crippen LogP contribution in [0.15, 0.2) is 188 Å². The van der Waals surface area contributed by atoms with Crippen LogP contribution in [0.4, 0.5) is 0 Å². The van der Waals surface area contributed by atoms with Crippen molar-refractivity contribution < 1.29 is 0 Å². The number of para-hydroxylation sites is 4. The van der Waals surface area contributed by atoms with E-state index in [0.29, 0.717) is 17.5 Å². The summed E-state index contributed by atoms with van der Waals surface area (Å²) in [7, 11) is 0. The Hall–Kier alpha value is -7.37. The second-order valence-corrected chi connectivity index (χ2v) is 13.6. The lowest BCUT2D eigenvalue weighted by molar-refractivity contribution is 1.07. The summed E-state index contributed by atoms with van der Waals surface area (Å²) in [5.74, 6) is 1.86. The summed E-state index contributed by atoms with van der Waals surface area (Å²) in [6, 6.07) is 66.1. The highest BCUT2D eigenvalue weighted by molar-refractivity contribution is 6.12. The van der Waals surface area contributed by atoms with Crippen LogP contribution in [-0.2, 0) is 0 Å². The van der Waals surface area contributed by atoms with E-state index >= 15 is 0 Å². The molecule has 0 bridgehead atoms. The topological polar surface area (TPSA) is 48.5 Å². The van der Waals surface area contributed by atoms with Gasteiger partial charge in [-0.05, 0) is 47.9 Å². The third kappa shape index (κ3) is 4.69. The highest BCUT2D eigenvalue weighted by Gasteiger charge is 2.22. The summed E-state index contributed by atoms with van der Waals surface area (Å²) in [5, 5.41) is 7.06. The summed E-state index contributed by atoms with van der Waals surface area (Å²) in [6.45, 7) is 0. The van der Waals surface area contributed by atoms with Gasteiger partial charge in [-0.1, -0.05) is 146 Å². The quantitative estimate of drug-likeness (QED) is 0.181. The molecule has 0 aliphatic carbocycles. The molecule has 3 aromatic heterocycles. The molecule has 11 aromatic rings. The molecule has 0 spiro atoms. The minimum atomic E-state index is 0.616. The van der Waals surface area contributed by atoms with Gasteiger partial charge in [0.25, 0.3) is 0 Å². The van der Waals surface area contributed by atoms with E-state index in [4.69, 9.17) is 15.0 Å². The fourth-order valence-corrected chi connectivity index (χ4v) is 8.15. The first-order valence-corrected chi connectivity index (χ1v) is 18.2. The number of rotatable bonds is 5. The predicted octanol–water partition coefficient (Wildman–Crippen LogP) is 12.2. The first-order chi connectivity index (χ1) is 26.8. The monoisotopic (exact) mass is 689 g/mol. The van der Waals surface area contributed by atoms with Crippen LogP contribution in [-0.4, -0.2) is 24.1 Å². The number of benzene rings is 8. The normalized spacial score (nSPS) is 11.7. The minimum absolute atomic E-state index is 0.616. The molecular weight excluding hydrogens is 659 g/mol. The van der Waals surface area contributed by atoms with E-state index in [1.165, 1.54) is 21.5 Å². The lowest BCUT2D eigenvalue weighted by Gasteiger charge is -2.17. The lowest BCUT2D eigenvalue weighted by atomic mass is 10.0. The van der Waals surface area contributed by atoms with Gasteiger partial charge in [0.05, 0.1) is 27.8 Å². The van der Waals surface area contributed by atoms with Crippen molar-refractivity contribution in [2.45, 2.75) is 0 Å². The van der Waals surface area contributed by atoms with Crippen molar-refractivity contribution in [1.29, 1.82) is 0 Å². The Morgan fingerprint density at radius 1 is 0.315 bits per heavy atom. The Bertz CT molecular complexity index is 3160. The van der Waals surface area contributed by atoms with Gasteiger partial charge >= 0.3 is 0 Å². The Morgan fingerprint density at radius 3 is 1.48 bits per heavy atom. The lowest BCUT2D eigenvalue weighted by Crippen LogP contribution is -2.04. The molecule has 5 heteroatoms. The third-order valence-electron chi connectivity index (χ3n) is 10.6. The van der Waals surface area contributed by atoms with Gasteiger partial charge < -0.3 is 9.13 Å². The Labute approximate surface area is 311 Å². The van der Waals surface area contributed by atoms with Gasteiger partial charge in [0.15, 0.2) is 17.5 Å². The van der Waals surface area contributed by atoms with Gasteiger partial charge in [0.1, 0.15) is 0 Å².